The monoisotopic (exact) mass is 323 g/mol. The van der Waals surface area contributed by atoms with Gasteiger partial charge in [-0.3, -0.25) is 0 Å². The maximum absolute atomic E-state index is 13.8. The van der Waals surface area contributed by atoms with Gasteiger partial charge in [-0.05, 0) is 31.5 Å². The zero-order chi connectivity index (χ0) is 15.9. The van der Waals surface area contributed by atoms with Crippen molar-refractivity contribution in [1.82, 2.24) is 9.97 Å². The van der Waals surface area contributed by atoms with E-state index in [0.717, 1.165) is 11.8 Å². The Morgan fingerprint density at radius 2 is 1.86 bits per heavy atom. The van der Waals surface area contributed by atoms with Gasteiger partial charge in [-0.25, -0.2) is 9.37 Å². The Hall–Kier alpha value is -1.88. The standard InChI is InChI=1S/C16H19ClFN3O/c1-3-21(4-2)15-14(18)11-19-16(20-15)22-10-9-12-5-7-13(17)8-6-12/h5-8,11H,3-4,9-10H2,1-2H3. The molecule has 0 saturated carbocycles. The van der Waals surface area contributed by atoms with E-state index in [4.69, 9.17) is 16.3 Å². The first-order valence-electron chi connectivity index (χ1n) is 7.28. The Bertz CT molecular complexity index is 603. The molecule has 1 aromatic carbocycles. The van der Waals surface area contributed by atoms with Gasteiger partial charge in [-0.15, -0.1) is 0 Å². The minimum Gasteiger partial charge on any atom is -0.463 e. The van der Waals surface area contributed by atoms with Gasteiger partial charge in [0, 0.05) is 24.5 Å². The van der Waals surface area contributed by atoms with Gasteiger partial charge in [0.1, 0.15) is 0 Å². The van der Waals surface area contributed by atoms with Gasteiger partial charge in [-0.1, -0.05) is 23.7 Å². The summed E-state index contributed by atoms with van der Waals surface area (Å²) in [5.74, 6) is -0.157. The van der Waals surface area contributed by atoms with Crippen LogP contribution in [0.2, 0.25) is 5.02 Å². The number of nitrogens with zero attached hydrogens (tertiary/aromatic N) is 3. The average molecular weight is 324 g/mol. The Morgan fingerprint density at radius 1 is 1.18 bits per heavy atom. The number of benzene rings is 1. The van der Waals surface area contributed by atoms with Crippen molar-refractivity contribution < 1.29 is 9.13 Å². The highest BCUT2D eigenvalue weighted by Gasteiger charge is 2.13. The molecule has 1 heterocycles. The molecule has 0 unspecified atom stereocenters. The molecule has 0 bridgehead atoms. The lowest BCUT2D eigenvalue weighted by atomic mass is 10.2. The minimum absolute atomic E-state index is 0.192. The summed E-state index contributed by atoms with van der Waals surface area (Å²) in [6, 6.07) is 7.75. The van der Waals surface area contributed by atoms with E-state index in [1.807, 2.05) is 43.0 Å². The molecule has 0 aliphatic carbocycles. The van der Waals surface area contributed by atoms with Crippen LogP contribution in [-0.2, 0) is 6.42 Å². The lowest BCUT2D eigenvalue weighted by molar-refractivity contribution is 0.295. The lowest BCUT2D eigenvalue weighted by Gasteiger charge is -2.20. The molecule has 0 N–H and O–H groups in total. The van der Waals surface area contributed by atoms with Crippen molar-refractivity contribution in [3.8, 4) is 6.01 Å². The summed E-state index contributed by atoms with van der Waals surface area (Å²) in [4.78, 5) is 9.86. The van der Waals surface area contributed by atoms with Gasteiger partial charge < -0.3 is 9.64 Å². The Kier molecular flexibility index (Phi) is 5.95. The summed E-state index contributed by atoms with van der Waals surface area (Å²) in [5, 5.41) is 0.704. The van der Waals surface area contributed by atoms with Gasteiger partial charge in [0.25, 0.3) is 0 Å². The zero-order valence-corrected chi connectivity index (χ0v) is 13.5. The normalized spacial score (nSPS) is 10.5. The highest BCUT2D eigenvalue weighted by molar-refractivity contribution is 6.30. The van der Waals surface area contributed by atoms with Crippen molar-refractivity contribution in [3.05, 3.63) is 46.9 Å². The van der Waals surface area contributed by atoms with Crippen LogP contribution in [0.25, 0.3) is 0 Å². The second-order valence-corrected chi connectivity index (χ2v) is 5.16. The SMILES string of the molecule is CCN(CC)c1nc(OCCc2ccc(Cl)cc2)ncc1F. The molecule has 0 saturated heterocycles. The van der Waals surface area contributed by atoms with E-state index in [0.29, 0.717) is 31.1 Å². The van der Waals surface area contributed by atoms with Crippen LogP contribution in [0.1, 0.15) is 19.4 Å². The largest absolute Gasteiger partial charge is 0.463 e. The van der Waals surface area contributed by atoms with Crippen molar-refractivity contribution in [3.63, 3.8) is 0 Å². The summed E-state index contributed by atoms with van der Waals surface area (Å²) < 4.78 is 19.3. The third kappa shape index (κ3) is 4.31. The molecule has 6 heteroatoms. The van der Waals surface area contributed by atoms with Gasteiger partial charge in [-0.2, -0.15) is 4.98 Å². The van der Waals surface area contributed by atoms with E-state index in [9.17, 15) is 4.39 Å². The molecule has 0 fully saturated rings. The Labute approximate surface area is 134 Å². The van der Waals surface area contributed by atoms with E-state index >= 15 is 0 Å². The second-order valence-electron chi connectivity index (χ2n) is 4.72. The molecule has 0 aliphatic heterocycles. The molecule has 0 aliphatic rings. The number of hydrogen-bond donors (Lipinski definition) is 0. The fourth-order valence-corrected chi connectivity index (χ4v) is 2.19. The second kappa shape index (κ2) is 7.94. The van der Waals surface area contributed by atoms with Crippen molar-refractivity contribution in [2.75, 3.05) is 24.6 Å². The highest BCUT2D eigenvalue weighted by Crippen LogP contribution is 2.18. The van der Waals surface area contributed by atoms with Crippen molar-refractivity contribution in [2.24, 2.45) is 0 Å². The maximum atomic E-state index is 13.8. The van der Waals surface area contributed by atoms with Crippen LogP contribution in [0.5, 0.6) is 6.01 Å². The first-order chi connectivity index (χ1) is 10.6. The molecule has 0 spiro atoms. The number of hydrogen-bond acceptors (Lipinski definition) is 4. The third-order valence-corrected chi connectivity index (χ3v) is 3.55. The summed E-state index contributed by atoms with van der Waals surface area (Å²) in [6.45, 7) is 5.67. The van der Waals surface area contributed by atoms with Crippen LogP contribution >= 0.6 is 11.6 Å². The summed E-state index contributed by atoms with van der Waals surface area (Å²) in [5.41, 5.74) is 1.11. The van der Waals surface area contributed by atoms with E-state index in [2.05, 4.69) is 9.97 Å². The molecule has 0 radical (unpaired) electrons. The first-order valence-corrected chi connectivity index (χ1v) is 7.66. The fourth-order valence-electron chi connectivity index (χ4n) is 2.07. The van der Waals surface area contributed by atoms with Crippen LogP contribution in [0.15, 0.2) is 30.5 Å². The van der Waals surface area contributed by atoms with E-state index in [-0.39, 0.29) is 11.8 Å². The topological polar surface area (TPSA) is 38.2 Å². The number of ether oxygens (including phenoxy) is 1. The minimum atomic E-state index is -0.436. The third-order valence-electron chi connectivity index (χ3n) is 3.30. The molecule has 0 atom stereocenters. The molecule has 1 aromatic heterocycles. The highest BCUT2D eigenvalue weighted by atomic mass is 35.5. The molecule has 118 valence electrons. The van der Waals surface area contributed by atoms with Crippen molar-refractivity contribution >= 4 is 17.4 Å². The molecule has 22 heavy (non-hydrogen) atoms. The van der Waals surface area contributed by atoms with Crippen LogP contribution in [0.4, 0.5) is 10.2 Å². The van der Waals surface area contributed by atoms with Crippen molar-refractivity contribution in [2.45, 2.75) is 20.3 Å². The fraction of sp³-hybridized carbons (Fsp3) is 0.375. The van der Waals surface area contributed by atoms with Gasteiger partial charge >= 0.3 is 6.01 Å². The zero-order valence-electron chi connectivity index (χ0n) is 12.7. The lowest BCUT2D eigenvalue weighted by Crippen LogP contribution is -2.24. The van der Waals surface area contributed by atoms with Crippen LogP contribution < -0.4 is 9.64 Å². The Morgan fingerprint density at radius 3 is 2.50 bits per heavy atom. The summed E-state index contributed by atoms with van der Waals surface area (Å²) in [7, 11) is 0. The molecule has 0 amide bonds. The molecule has 2 aromatic rings. The quantitative estimate of drug-likeness (QED) is 0.778. The average Bonchev–Trinajstić information content (AvgIpc) is 2.53. The van der Waals surface area contributed by atoms with Crippen LogP contribution in [0, 0.1) is 5.82 Å². The van der Waals surface area contributed by atoms with Crippen LogP contribution in [-0.4, -0.2) is 29.7 Å². The van der Waals surface area contributed by atoms with Crippen LogP contribution in [0.3, 0.4) is 0 Å². The van der Waals surface area contributed by atoms with E-state index in [1.165, 1.54) is 0 Å². The molecule has 2 rings (SSSR count). The van der Waals surface area contributed by atoms with Gasteiger partial charge in [0.15, 0.2) is 11.6 Å². The first kappa shape index (κ1) is 16.5. The summed E-state index contributed by atoms with van der Waals surface area (Å²) in [6.07, 6.45) is 1.86. The predicted octanol–water partition coefficient (Wildman–Crippen LogP) is 3.74. The summed E-state index contributed by atoms with van der Waals surface area (Å²) >= 11 is 5.84. The molecular weight excluding hydrogens is 305 g/mol. The smallest absolute Gasteiger partial charge is 0.318 e. The number of aromatic nitrogens is 2. The maximum Gasteiger partial charge on any atom is 0.318 e. The van der Waals surface area contributed by atoms with Gasteiger partial charge in [0.2, 0.25) is 0 Å². The predicted molar refractivity (Wildman–Crippen MR) is 86.2 cm³/mol. The van der Waals surface area contributed by atoms with E-state index in [1.54, 1.807) is 0 Å². The van der Waals surface area contributed by atoms with Gasteiger partial charge in [0.05, 0.1) is 12.8 Å². The molecular formula is C16H19ClFN3O. The number of halogens is 2. The number of anilines is 1. The van der Waals surface area contributed by atoms with E-state index < -0.39 is 5.82 Å². The van der Waals surface area contributed by atoms with Crippen molar-refractivity contribution in [1.29, 1.82) is 0 Å². The molecule has 4 nitrogen and oxygen atoms in total. The number of rotatable bonds is 7. The Balaban J connectivity index is 1.98.